The van der Waals surface area contributed by atoms with E-state index in [0.717, 1.165) is 16.7 Å². The van der Waals surface area contributed by atoms with Crippen molar-refractivity contribution in [3.8, 4) is 5.75 Å². The fourth-order valence-electron chi connectivity index (χ4n) is 2.37. The first-order valence-corrected chi connectivity index (χ1v) is 8.14. The van der Waals surface area contributed by atoms with E-state index in [2.05, 4.69) is 5.32 Å². The van der Waals surface area contributed by atoms with Gasteiger partial charge in [-0.3, -0.25) is 19.7 Å². The van der Waals surface area contributed by atoms with Gasteiger partial charge in [-0.25, -0.2) is 0 Å². The van der Waals surface area contributed by atoms with Crippen molar-refractivity contribution < 1.29 is 24.0 Å². The van der Waals surface area contributed by atoms with Crippen LogP contribution in [0.15, 0.2) is 36.4 Å². The Kier molecular flexibility index (Phi) is 6.48. The Morgan fingerprint density at radius 3 is 2.48 bits per heavy atom. The van der Waals surface area contributed by atoms with E-state index in [1.165, 1.54) is 25.3 Å². The van der Waals surface area contributed by atoms with Crippen molar-refractivity contribution in [2.45, 2.75) is 20.3 Å². The van der Waals surface area contributed by atoms with Crippen LogP contribution in [0.2, 0.25) is 0 Å². The average molecular weight is 372 g/mol. The minimum absolute atomic E-state index is 0.0501. The van der Waals surface area contributed by atoms with Gasteiger partial charge in [0.15, 0.2) is 6.61 Å². The summed E-state index contributed by atoms with van der Waals surface area (Å²) >= 11 is 0. The zero-order valence-corrected chi connectivity index (χ0v) is 15.3. The zero-order chi connectivity index (χ0) is 20.0. The molecule has 0 saturated carbocycles. The van der Waals surface area contributed by atoms with Crippen molar-refractivity contribution in [2.75, 3.05) is 19.0 Å². The Labute approximate surface area is 156 Å². The van der Waals surface area contributed by atoms with Crippen LogP contribution in [0.3, 0.4) is 0 Å². The molecule has 1 amide bonds. The maximum atomic E-state index is 12.0. The number of nitro groups is 1. The largest absolute Gasteiger partial charge is 0.495 e. The third kappa shape index (κ3) is 5.53. The number of rotatable bonds is 7. The van der Waals surface area contributed by atoms with Gasteiger partial charge in [0.2, 0.25) is 0 Å². The van der Waals surface area contributed by atoms with Crippen molar-refractivity contribution >= 4 is 23.3 Å². The lowest BCUT2D eigenvalue weighted by Crippen LogP contribution is -2.22. The van der Waals surface area contributed by atoms with Gasteiger partial charge in [-0.2, -0.15) is 0 Å². The van der Waals surface area contributed by atoms with Crippen LogP contribution in [-0.4, -0.2) is 30.5 Å². The third-order valence-corrected chi connectivity index (χ3v) is 3.95. The first-order valence-electron chi connectivity index (χ1n) is 8.14. The molecule has 0 spiro atoms. The normalized spacial score (nSPS) is 10.2. The van der Waals surface area contributed by atoms with E-state index in [-0.39, 0.29) is 23.5 Å². The number of carbonyl (C=O) groups excluding carboxylic acids is 2. The number of nitrogens with zero attached hydrogens (tertiary/aromatic N) is 1. The predicted octanol–water partition coefficient (Wildman–Crippen LogP) is 2.94. The van der Waals surface area contributed by atoms with Crippen LogP contribution in [0.1, 0.15) is 16.7 Å². The second kappa shape index (κ2) is 8.79. The van der Waals surface area contributed by atoms with E-state index in [1.807, 2.05) is 32.0 Å². The molecule has 2 aromatic rings. The first-order chi connectivity index (χ1) is 12.8. The fraction of sp³-hybridized carbons (Fsp3) is 0.263. The number of aryl methyl sites for hydroxylation is 2. The SMILES string of the molecule is COc1ccc([N+](=O)[O-])cc1NC(=O)COC(=O)Cc1ccc(C)c(C)c1. The summed E-state index contributed by atoms with van der Waals surface area (Å²) in [6.45, 7) is 3.42. The molecular weight excluding hydrogens is 352 g/mol. The molecule has 0 unspecified atom stereocenters. The van der Waals surface area contributed by atoms with Crippen LogP contribution in [0.25, 0.3) is 0 Å². The number of benzene rings is 2. The number of ether oxygens (including phenoxy) is 2. The van der Waals surface area contributed by atoms with Crippen LogP contribution < -0.4 is 10.1 Å². The smallest absolute Gasteiger partial charge is 0.310 e. The molecule has 0 heterocycles. The first kappa shape index (κ1) is 19.9. The second-order valence-corrected chi connectivity index (χ2v) is 5.95. The van der Waals surface area contributed by atoms with Crippen LogP contribution in [0.5, 0.6) is 5.75 Å². The molecule has 2 aromatic carbocycles. The summed E-state index contributed by atoms with van der Waals surface area (Å²) in [4.78, 5) is 34.2. The fourth-order valence-corrected chi connectivity index (χ4v) is 2.37. The maximum Gasteiger partial charge on any atom is 0.310 e. The molecule has 0 aliphatic carbocycles. The number of esters is 1. The Bertz CT molecular complexity index is 878. The molecule has 0 radical (unpaired) electrons. The number of hydrogen-bond donors (Lipinski definition) is 1. The van der Waals surface area contributed by atoms with E-state index < -0.39 is 23.4 Å². The number of carbonyl (C=O) groups is 2. The number of nitrogens with one attached hydrogen (secondary N) is 1. The van der Waals surface area contributed by atoms with Crippen LogP contribution in [-0.2, 0) is 20.7 Å². The van der Waals surface area contributed by atoms with E-state index in [1.54, 1.807) is 0 Å². The molecule has 0 aliphatic rings. The van der Waals surface area contributed by atoms with Gasteiger partial charge < -0.3 is 14.8 Å². The van der Waals surface area contributed by atoms with Gasteiger partial charge in [-0.15, -0.1) is 0 Å². The molecule has 0 aliphatic heterocycles. The van der Waals surface area contributed by atoms with Crippen LogP contribution in [0, 0.1) is 24.0 Å². The van der Waals surface area contributed by atoms with Crippen molar-refractivity contribution in [3.05, 3.63) is 63.2 Å². The number of nitro benzene ring substituents is 1. The highest BCUT2D eigenvalue weighted by Gasteiger charge is 2.15. The standard InChI is InChI=1S/C19H20N2O6/c1-12-4-5-14(8-13(12)2)9-19(23)27-11-18(22)20-16-10-15(21(24)25)6-7-17(16)26-3/h4-8,10H,9,11H2,1-3H3,(H,20,22). The molecule has 0 aromatic heterocycles. The highest BCUT2D eigenvalue weighted by molar-refractivity contribution is 5.94. The topological polar surface area (TPSA) is 108 Å². The molecule has 142 valence electrons. The van der Waals surface area contributed by atoms with Gasteiger partial charge in [0.05, 0.1) is 24.1 Å². The van der Waals surface area contributed by atoms with Crippen molar-refractivity contribution in [3.63, 3.8) is 0 Å². The van der Waals surface area contributed by atoms with Gasteiger partial charge >= 0.3 is 5.97 Å². The van der Waals surface area contributed by atoms with Gasteiger partial charge in [-0.05, 0) is 36.6 Å². The van der Waals surface area contributed by atoms with Gasteiger partial charge in [0, 0.05) is 12.1 Å². The van der Waals surface area contributed by atoms with Crippen LogP contribution in [0.4, 0.5) is 11.4 Å². The highest BCUT2D eigenvalue weighted by atomic mass is 16.6. The van der Waals surface area contributed by atoms with Crippen LogP contribution >= 0.6 is 0 Å². The zero-order valence-electron chi connectivity index (χ0n) is 15.3. The van der Waals surface area contributed by atoms with Crippen molar-refractivity contribution in [1.82, 2.24) is 0 Å². The summed E-state index contributed by atoms with van der Waals surface area (Å²) in [6.07, 6.45) is 0.0501. The molecule has 0 fully saturated rings. The number of amides is 1. The second-order valence-electron chi connectivity index (χ2n) is 5.95. The minimum atomic E-state index is -0.623. The van der Waals surface area contributed by atoms with E-state index in [9.17, 15) is 19.7 Å². The third-order valence-electron chi connectivity index (χ3n) is 3.95. The lowest BCUT2D eigenvalue weighted by molar-refractivity contribution is -0.384. The number of non-ortho nitro benzene ring substituents is 1. The quantitative estimate of drug-likeness (QED) is 0.455. The number of anilines is 1. The highest BCUT2D eigenvalue weighted by Crippen LogP contribution is 2.28. The molecule has 0 saturated heterocycles. The molecule has 8 nitrogen and oxygen atoms in total. The van der Waals surface area contributed by atoms with E-state index in [4.69, 9.17) is 9.47 Å². The summed E-state index contributed by atoms with van der Waals surface area (Å²) in [5.74, 6) is -0.906. The predicted molar refractivity (Wildman–Crippen MR) is 98.9 cm³/mol. The molecule has 8 heteroatoms. The Morgan fingerprint density at radius 1 is 1.11 bits per heavy atom. The summed E-state index contributed by atoms with van der Waals surface area (Å²) in [7, 11) is 1.38. The summed E-state index contributed by atoms with van der Waals surface area (Å²) in [5.41, 5.74) is 2.91. The molecule has 2 rings (SSSR count). The molecule has 0 bridgehead atoms. The lowest BCUT2D eigenvalue weighted by atomic mass is 10.0. The van der Waals surface area contributed by atoms with Gasteiger partial charge in [0.25, 0.3) is 11.6 Å². The Morgan fingerprint density at radius 2 is 1.85 bits per heavy atom. The molecule has 1 N–H and O–H groups in total. The van der Waals surface area contributed by atoms with E-state index >= 15 is 0 Å². The Balaban J connectivity index is 1.93. The monoisotopic (exact) mass is 372 g/mol. The van der Waals surface area contributed by atoms with Crippen molar-refractivity contribution in [1.29, 1.82) is 0 Å². The van der Waals surface area contributed by atoms with Crippen molar-refractivity contribution in [2.24, 2.45) is 0 Å². The summed E-state index contributed by atoms with van der Waals surface area (Å²) < 4.78 is 10.0. The molecule has 27 heavy (non-hydrogen) atoms. The van der Waals surface area contributed by atoms with E-state index in [0.29, 0.717) is 0 Å². The average Bonchev–Trinajstić information content (AvgIpc) is 2.63. The van der Waals surface area contributed by atoms with Gasteiger partial charge in [-0.1, -0.05) is 18.2 Å². The molecule has 0 atom stereocenters. The summed E-state index contributed by atoms with van der Waals surface area (Å²) in [6, 6.07) is 9.45. The number of methoxy groups -OCH3 is 1. The maximum absolute atomic E-state index is 12.0. The van der Waals surface area contributed by atoms with Gasteiger partial charge in [0.1, 0.15) is 5.75 Å². The molecular formula is C19H20N2O6. The number of hydrogen-bond acceptors (Lipinski definition) is 6. The summed E-state index contributed by atoms with van der Waals surface area (Å²) in [5, 5.41) is 13.3. The minimum Gasteiger partial charge on any atom is -0.495 e. The Hall–Kier alpha value is -3.42. The lowest BCUT2D eigenvalue weighted by Gasteiger charge is -2.10.